The van der Waals surface area contributed by atoms with Crippen molar-refractivity contribution in [1.82, 2.24) is 15.1 Å². The van der Waals surface area contributed by atoms with Gasteiger partial charge in [0, 0.05) is 19.7 Å². The van der Waals surface area contributed by atoms with E-state index in [4.69, 9.17) is 6.42 Å². The molecule has 12 heavy (non-hydrogen) atoms. The smallest absolute Gasteiger partial charge is 0.0803 e. The molecule has 1 rings (SSSR count). The van der Waals surface area contributed by atoms with Crippen molar-refractivity contribution < 1.29 is 0 Å². The van der Waals surface area contributed by atoms with E-state index < -0.39 is 0 Å². The highest BCUT2D eigenvalue weighted by Crippen LogP contribution is 2.12. The third-order valence-corrected chi connectivity index (χ3v) is 1.76. The maximum atomic E-state index is 5.22. The Morgan fingerprint density at radius 3 is 3.00 bits per heavy atom. The highest BCUT2D eigenvalue weighted by atomic mass is 15.3. The van der Waals surface area contributed by atoms with Gasteiger partial charge in [0.2, 0.25) is 0 Å². The van der Waals surface area contributed by atoms with Crippen LogP contribution in [0.2, 0.25) is 0 Å². The zero-order valence-electron chi connectivity index (χ0n) is 7.41. The fourth-order valence-electron chi connectivity index (χ4n) is 1.09. The molecule has 1 aromatic rings. The second-order valence-electron chi connectivity index (χ2n) is 2.66. The molecule has 1 aromatic heterocycles. The van der Waals surface area contributed by atoms with E-state index in [0.29, 0.717) is 6.42 Å². The van der Waals surface area contributed by atoms with Crippen LogP contribution in [0.5, 0.6) is 0 Å². The van der Waals surface area contributed by atoms with Gasteiger partial charge >= 0.3 is 0 Å². The van der Waals surface area contributed by atoms with Gasteiger partial charge in [0.05, 0.1) is 11.7 Å². The molecule has 3 nitrogen and oxygen atoms in total. The van der Waals surface area contributed by atoms with Crippen LogP contribution in [0.25, 0.3) is 0 Å². The molecule has 0 spiro atoms. The van der Waals surface area contributed by atoms with Crippen molar-refractivity contribution >= 4 is 0 Å². The lowest BCUT2D eigenvalue weighted by molar-refractivity contribution is 0.579. The SMILES string of the molecule is C#CCC(NC)c1ccn(C)n1. The van der Waals surface area contributed by atoms with Crippen LogP contribution in [0.4, 0.5) is 0 Å². The Balaban J connectivity index is 2.74. The van der Waals surface area contributed by atoms with Crippen molar-refractivity contribution in [3.8, 4) is 12.3 Å². The maximum absolute atomic E-state index is 5.22. The van der Waals surface area contributed by atoms with Gasteiger partial charge in [-0.15, -0.1) is 12.3 Å². The monoisotopic (exact) mass is 163 g/mol. The number of aromatic nitrogens is 2. The second-order valence-corrected chi connectivity index (χ2v) is 2.66. The van der Waals surface area contributed by atoms with Crippen LogP contribution in [-0.2, 0) is 7.05 Å². The molecular weight excluding hydrogens is 150 g/mol. The van der Waals surface area contributed by atoms with Crippen LogP contribution in [-0.4, -0.2) is 16.8 Å². The lowest BCUT2D eigenvalue weighted by atomic mass is 10.1. The van der Waals surface area contributed by atoms with Crippen LogP contribution >= 0.6 is 0 Å². The standard InChI is InChI=1S/C9H13N3/c1-4-5-8(10-2)9-6-7-12(3)11-9/h1,6-8,10H,5H2,2-3H3. The molecule has 64 valence electrons. The molecule has 1 atom stereocenters. The molecule has 0 bridgehead atoms. The quantitative estimate of drug-likeness (QED) is 0.665. The van der Waals surface area contributed by atoms with E-state index in [0.717, 1.165) is 5.69 Å². The maximum Gasteiger partial charge on any atom is 0.0803 e. The summed E-state index contributed by atoms with van der Waals surface area (Å²) >= 11 is 0. The van der Waals surface area contributed by atoms with Gasteiger partial charge in [0.25, 0.3) is 0 Å². The lowest BCUT2D eigenvalue weighted by Gasteiger charge is -2.08. The number of hydrogen-bond donors (Lipinski definition) is 1. The zero-order valence-corrected chi connectivity index (χ0v) is 7.41. The summed E-state index contributed by atoms with van der Waals surface area (Å²) in [6.45, 7) is 0. The first-order valence-electron chi connectivity index (χ1n) is 3.88. The Morgan fingerprint density at radius 2 is 2.58 bits per heavy atom. The van der Waals surface area contributed by atoms with Crippen LogP contribution < -0.4 is 5.32 Å². The molecule has 0 saturated carbocycles. The summed E-state index contributed by atoms with van der Waals surface area (Å²) < 4.78 is 1.77. The van der Waals surface area contributed by atoms with E-state index in [-0.39, 0.29) is 6.04 Å². The first-order valence-corrected chi connectivity index (χ1v) is 3.88. The molecule has 0 aliphatic rings. The van der Waals surface area contributed by atoms with Crippen LogP contribution in [0.1, 0.15) is 18.2 Å². The van der Waals surface area contributed by atoms with E-state index in [9.17, 15) is 0 Å². The van der Waals surface area contributed by atoms with Gasteiger partial charge in [-0.2, -0.15) is 5.10 Å². The van der Waals surface area contributed by atoms with E-state index in [1.54, 1.807) is 4.68 Å². The first kappa shape index (κ1) is 8.82. The summed E-state index contributed by atoms with van der Waals surface area (Å²) in [5, 5.41) is 7.37. The molecule has 1 heterocycles. The van der Waals surface area contributed by atoms with Gasteiger partial charge < -0.3 is 5.32 Å². The average molecular weight is 163 g/mol. The number of nitrogens with one attached hydrogen (secondary N) is 1. The Labute approximate surface area is 72.8 Å². The molecule has 1 N–H and O–H groups in total. The fourth-order valence-corrected chi connectivity index (χ4v) is 1.09. The predicted octanol–water partition coefficient (Wildman–Crippen LogP) is 0.704. The van der Waals surface area contributed by atoms with Gasteiger partial charge in [-0.1, -0.05) is 0 Å². The highest BCUT2D eigenvalue weighted by molar-refractivity contribution is 5.08. The lowest BCUT2D eigenvalue weighted by Crippen LogP contribution is -2.16. The number of rotatable bonds is 3. The van der Waals surface area contributed by atoms with Gasteiger partial charge in [0.15, 0.2) is 0 Å². The Kier molecular flexibility index (Phi) is 2.89. The third kappa shape index (κ3) is 1.86. The van der Waals surface area contributed by atoms with Gasteiger partial charge in [-0.05, 0) is 13.1 Å². The van der Waals surface area contributed by atoms with Gasteiger partial charge in [-0.3, -0.25) is 4.68 Å². The topological polar surface area (TPSA) is 29.9 Å². The fraction of sp³-hybridized carbons (Fsp3) is 0.444. The summed E-state index contributed by atoms with van der Waals surface area (Å²) in [5.74, 6) is 2.61. The number of nitrogens with zero attached hydrogens (tertiary/aromatic N) is 2. The summed E-state index contributed by atoms with van der Waals surface area (Å²) in [6.07, 6.45) is 7.81. The summed E-state index contributed by atoms with van der Waals surface area (Å²) in [5.41, 5.74) is 0.998. The Hall–Kier alpha value is -1.27. The largest absolute Gasteiger partial charge is 0.311 e. The number of terminal acetylenes is 1. The molecule has 1 unspecified atom stereocenters. The molecule has 0 fully saturated rings. The van der Waals surface area contributed by atoms with E-state index in [1.807, 2.05) is 26.4 Å². The number of hydrogen-bond acceptors (Lipinski definition) is 2. The third-order valence-electron chi connectivity index (χ3n) is 1.76. The van der Waals surface area contributed by atoms with Crippen molar-refractivity contribution in [1.29, 1.82) is 0 Å². The zero-order chi connectivity index (χ0) is 8.97. The molecule has 0 saturated heterocycles. The van der Waals surface area contributed by atoms with Crippen LogP contribution in [0, 0.1) is 12.3 Å². The summed E-state index contributed by atoms with van der Waals surface area (Å²) in [7, 11) is 3.78. The highest BCUT2D eigenvalue weighted by Gasteiger charge is 2.09. The normalized spacial score (nSPS) is 12.4. The van der Waals surface area contributed by atoms with Gasteiger partial charge in [-0.25, -0.2) is 0 Å². The van der Waals surface area contributed by atoms with Crippen molar-refractivity contribution in [2.24, 2.45) is 7.05 Å². The van der Waals surface area contributed by atoms with E-state index >= 15 is 0 Å². The minimum atomic E-state index is 0.177. The van der Waals surface area contributed by atoms with Crippen molar-refractivity contribution in [3.63, 3.8) is 0 Å². The van der Waals surface area contributed by atoms with Crippen LogP contribution in [0.15, 0.2) is 12.3 Å². The molecule has 0 aliphatic heterocycles. The van der Waals surface area contributed by atoms with E-state index in [2.05, 4.69) is 16.3 Å². The minimum absolute atomic E-state index is 0.177. The van der Waals surface area contributed by atoms with Crippen molar-refractivity contribution in [3.05, 3.63) is 18.0 Å². The van der Waals surface area contributed by atoms with E-state index in [1.165, 1.54) is 0 Å². The molecular formula is C9H13N3. The molecule has 0 aromatic carbocycles. The minimum Gasteiger partial charge on any atom is -0.311 e. The average Bonchev–Trinajstić information content (AvgIpc) is 2.47. The summed E-state index contributed by atoms with van der Waals surface area (Å²) in [4.78, 5) is 0. The first-order chi connectivity index (χ1) is 5.77. The molecule has 0 amide bonds. The number of aryl methyl sites for hydroxylation is 1. The van der Waals surface area contributed by atoms with Crippen molar-refractivity contribution in [2.75, 3.05) is 7.05 Å². The predicted molar refractivity (Wildman–Crippen MR) is 48.5 cm³/mol. The van der Waals surface area contributed by atoms with Crippen LogP contribution in [0.3, 0.4) is 0 Å². The van der Waals surface area contributed by atoms with Gasteiger partial charge in [0.1, 0.15) is 0 Å². The second kappa shape index (κ2) is 3.93. The summed E-state index contributed by atoms with van der Waals surface area (Å²) in [6, 6.07) is 2.15. The van der Waals surface area contributed by atoms with Crippen molar-refractivity contribution in [2.45, 2.75) is 12.5 Å². The Morgan fingerprint density at radius 1 is 1.83 bits per heavy atom. The molecule has 0 radical (unpaired) electrons. The Bertz CT molecular complexity index is 282. The molecule has 3 heteroatoms. The molecule has 0 aliphatic carbocycles.